The molecule has 1 unspecified atom stereocenters. The zero-order chi connectivity index (χ0) is 15.7. The standard InChI is InChI=1S/C21H23N/c1-14-9-15(2)11-18(10-14)20-13-22-21(12-17(20)4)19-8-6-5-7-16(19)3/h5-13,21-22H,1-4H3. The molecule has 22 heavy (non-hydrogen) atoms. The average molecular weight is 289 g/mol. The first kappa shape index (κ1) is 14.6. The van der Waals surface area contributed by atoms with E-state index in [9.17, 15) is 0 Å². The smallest absolute Gasteiger partial charge is 0.0701 e. The Labute approximate surface area is 133 Å². The second-order valence-electron chi connectivity index (χ2n) is 6.29. The van der Waals surface area contributed by atoms with Gasteiger partial charge >= 0.3 is 0 Å². The van der Waals surface area contributed by atoms with E-state index in [0.717, 1.165) is 0 Å². The van der Waals surface area contributed by atoms with E-state index >= 15 is 0 Å². The molecule has 0 spiro atoms. The molecule has 0 saturated carbocycles. The van der Waals surface area contributed by atoms with E-state index in [2.05, 4.69) is 87.8 Å². The number of hydrogen-bond acceptors (Lipinski definition) is 1. The zero-order valence-electron chi connectivity index (χ0n) is 13.8. The topological polar surface area (TPSA) is 12.0 Å². The van der Waals surface area contributed by atoms with Gasteiger partial charge in [0.1, 0.15) is 0 Å². The van der Waals surface area contributed by atoms with Crippen LogP contribution >= 0.6 is 0 Å². The van der Waals surface area contributed by atoms with Crippen molar-refractivity contribution < 1.29 is 0 Å². The highest BCUT2D eigenvalue weighted by atomic mass is 14.9. The van der Waals surface area contributed by atoms with Crippen molar-refractivity contribution >= 4 is 5.57 Å². The van der Waals surface area contributed by atoms with Crippen LogP contribution in [0.15, 0.2) is 60.3 Å². The van der Waals surface area contributed by atoms with Crippen LogP contribution in [0, 0.1) is 20.8 Å². The third kappa shape index (κ3) is 2.85. The van der Waals surface area contributed by atoms with Crippen molar-refractivity contribution in [3.8, 4) is 0 Å². The minimum atomic E-state index is 0.260. The van der Waals surface area contributed by atoms with E-state index in [1.165, 1.54) is 39.0 Å². The number of aryl methyl sites for hydroxylation is 3. The Bertz CT molecular complexity index is 745. The van der Waals surface area contributed by atoms with Gasteiger partial charge in [0, 0.05) is 11.8 Å². The number of hydrogen-bond donors (Lipinski definition) is 1. The van der Waals surface area contributed by atoms with Gasteiger partial charge in [0.25, 0.3) is 0 Å². The minimum absolute atomic E-state index is 0.260. The molecule has 1 aliphatic heterocycles. The lowest BCUT2D eigenvalue weighted by atomic mass is 9.91. The molecular weight excluding hydrogens is 266 g/mol. The van der Waals surface area contributed by atoms with Gasteiger partial charge in [0.15, 0.2) is 0 Å². The van der Waals surface area contributed by atoms with Crippen LogP contribution in [0.4, 0.5) is 0 Å². The van der Waals surface area contributed by atoms with Gasteiger partial charge in [-0.3, -0.25) is 0 Å². The minimum Gasteiger partial charge on any atom is -0.380 e. The summed E-state index contributed by atoms with van der Waals surface area (Å²) in [6.45, 7) is 8.68. The molecule has 3 rings (SSSR count). The predicted molar refractivity (Wildman–Crippen MR) is 94.7 cm³/mol. The summed E-state index contributed by atoms with van der Waals surface area (Å²) < 4.78 is 0. The lowest BCUT2D eigenvalue weighted by molar-refractivity contribution is 0.737. The summed E-state index contributed by atoms with van der Waals surface area (Å²) in [7, 11) is 0. The molecule has 1 N–H and O–H groups in total. The Hall–Kier alpha value is -2.28. The van der Waals surface area contributed by atoms with Crippen LogP contribution < -0.4 is 5.32 Å². The van der Waals surface area contributed by atoms with Gasteiger partial charge in [-0.15, -0.1) is 0 Å². The number of allylic oxidation sites excluding steroid dienone is 2. The Kier molecular flexibility index (Phi) is 3.89. The summed E-state index contributed by atoms with van der Waals surface area (Å²) in [4.78, 5) is 0. The first-order chi connectivity index (χ1) is 10.5. The van der Waals surface area contributed by atoms with E-state index in [4.69, 9.17) is 0 Å². The molecule has 1 aliphatic rings. The fourth-order valence-electron chi connectivity index (χ4n) is 3.23. The second kappa shape index (κ2) is 5.84. The number of nitrogens with one attached hydrogen (secondary N) is 1. The van der Waals surface area contributed by atoms with Gasteiger partial charge in [-0.2, -0.15) is 0 Å². The highest BCUT2D eigenvalue weighted by Crippen LogP contribution is 2.31. The fourth-order valence-corrected chi connectivity index (χ4v) is 3.23. The van der Waals surface area contributed by atoms with Crippen molar-refractivity contribution in [3.05, 3.63) is 88.1 Å². The Morgan fingerprint density at radius 2 is 1.55 bits per heavy atom. The van der Waals surface area contributed by atoms with Gasteiger partial charge in [0.05, 0.1) is 6.04 Å². The summed E-state index contributed by atoms with van der Waals surface area (Å²) >= 11 is 0. The lowest BCUT2D eigenvalue weighted by Crippen LogP contribution is -2.19. The molecule has 112 valence electrons. The molecule has 1 nitrogen and oxygen atoms in total. The van der Waals surface area contributed by atoms with Crippen molar-refractivity contribution in [2.45, 2.75) is 33.7 Å². The first-order valence-corrected chi connectivity index (χ1v) is 7.84. The average Bonchev–Trinajstić information content (AvgIpc) is 2.46. The van der Waals surface area contributed by atoms with Crippen LogP contribution in [0.3, 0.4) is 0 Å². The van der Waals surface area contributed by atoms with Crippen LogP contribution in [0.25, 0.3) is 5.57 Å². The molecule has 1 heterocycles. The van der Waals surface area contributed by atoms with E-state index in [-0.39, 0.29) is 6.04 Å². The molecule has 2 aromatic carbocycles. The monoisotopic (exact) mass is 289 g/mol. The summed E-state index contributed by atoms with van der Waals surface area (Å²) in [6.07, 6.45) is 4.50. The van der Waals surface area contributed by atoms with Crippen LogP contribution in [0.2, 0.25) is 0 Å². The van der Waals surface area contributed by atoms with E-state index in [1.807, 2.05) is 0 Å². The molecule has 1 heteroatoms. The molecule has 0 saturated heterocycles. The molecular formula is C21H23N. The van der Waals surface area contributed by atoms with E-state index in [1.54, 1.807) is 0 Å². The molecule has 0 aliphatic carbocycles. The molecule has 0 amide bonds. The summed E-state index contributed by atoms with van der Waals surface area (Å²) in [5.74, 6) is 0. The van der Waals surface area contributed by atoms with Gasteiger partial charge in [-0.25, -0.2) is 0 Å². The van der Waals surface area contributed by atoms with Gasteiger partial charge in [0.2, 0.25) is 0 Å². The largest absolute Gasteiger partial charge is 0.380 e. The number of rotatable bonds is 2. The normalized spacial score (nSPS) is 17.5. The Balaban J connectivity index is 1.93. The van der Waals surface area contributed by atoms with Gasteiger partial charge in [-0.1, -0.05) is 59.7 Å². The van der Waals surface area contributed by atoms with Crippen LogP contribution in [-0.4, -0.2) is 0 Å². The fraction of sp³-hybridized carbons (Fsp3) is 0.238. The van der Waals surface area contributed by atoms with Crippen molar-refractivity contribution in [2.75, 3.05) is 0 Å². The SMILES string of the molecule is CC1=CC(c2ccccc2C)NC=C1c1cc(C)cc(C)c1. The van der Waals surface area contributed by atoms with Crippen LogP contribution in [0.1, 0.15) is 40.8 Å². The van der Waals surface area contributed by atoms with Crippen molar-refractivity contribution in [1.29, 1.82) is 0 Å². The molecule has 0 aromatic heterocycles. The Morgan fingerprint density at radius 1 is 0.864 bits per heavy atom. The van der Waals surface area contributed by atoms with Gasteiger partial charge < -0.3 is 5.32 Å². The predicted octanol–water partition coefficient (Wildman–Crippen LogP) is 5.24. The van der Waals surface area contributed by atoms with Crippen molar-refractivity contribution in [3.63, 3.8) is 0 Å². The van der Waals surface area contributed by atoms with Crippen molar-refractivity contribution in [2.24, 2.45) is 0 Å². The molecule has 0 bridgehead atoms. The van der Waals surface area contributed by atoms with E-state index in [0.29, 0.717) is 0 Å². The summed E-state index contributed by atoms with van der Waals surface area (Å²) in [5, 5.41) is 3.56. The quantitative estimate of drug-likeness (QED) is 0.797. The zero-order valence-corrected chi connectivity index (χ0v) is 13.8. The van der Waals surface area contributed by atoms with Crippen LogP contribution in [0.5, 0.6) is 0 Å². The third-order valence-electron chi connectivity index (χ3n) is 4.30. The molecule has 0 radical (unpaired) electrons. The maximum absolute atomic E-state index is 3.56. The third-order valence-corrected chi connectivity index (χ3v) is 4.30. The molecule has 1 atom stereocenters. The van der Waals surface area contributed by atoms with E-state index < -0.39 is 0 Å². The number of dihydropyridines is 1. The van der Waals surface area contributed by atoms with Crippen LogP contribution in [-0.2, 0) is 0 Å². The highest BCUT2D eigenvalue weighted by Gasteiger charge is 2.16. The summed E-state index contributed by atoms with van der Waals surface area (Å²) in [5.41, 5.74) is 9.20. The number of benzene rings is 2. The maximum Gasteiger partial charge on any atom is 0.0701 e. The maximum atomic E-state index is 3.56. The Morgan fingerprint density at radius 3 is 2.18 bits per heavy atom. The lowest BCUT2D eigenvalue weighted by Gasteiger charge is -2.24. The van der Waals surface area contributed by atoms with Gasteiger partial charge in [-0.05, 0) is 50.0 Å². The first-order valence-electron chi connectivity index (χ1n) is 7.84. The summed E-state index contributed by atoms with van der Waals surface area (Å²) in [6, 6.07) is 15.6. The molecule has 0 fully saturated rings. The highest BCUT2D eigenvalue weighted by molar-refractivity contribution is 5.80. The van der Waals surface area contributed by atoms with Crippen molar-refractivity contribution in [1.82, 2.24) is 5.32 Å². The molecule has 2 aromatic rings. The second-order valence-corrected chi connectivity index (χ2v) is 6.29.